The number of cyclic esters (lactones) is 1. The molecule has 0 saturated carbocycles. The molecule has 1 aliphatic heterocycles. The second-order valence-electron chi connectivity index (χ2n) is 5.37. The summed E-state index contributed by atoms with van der Waals surface area (Å²) in [5.41, 5.74) is 0. The maximum Gasteiger partial charge on any atom is 0.306 e. The highest BCUT2D eigenvalue weighted by atomic mass is 16.6. The lowest BCUT2D eigenvalue weighted by atomic mass is 10.1. The SMILES string of the molecule is CC[C@@H]1OC(=O)CCCC/C=C\C/C=C\C/C=C\C[C@@H]1O. The molecule has 3 nitrogen and oxygen atoms in total. The quantitative estimate of drug-likeness (QED) is 0.585. The van der Waals surface area contributed by atoms with Gasteiger partial charge in [-0.05, 0) is 44.9 Å². The van der Waals surface area contributed by atoms with Crippen molar-refractivity contribution in [3.63, 3.8) is 0 Å². The smallest absolute Gasteiger partial charge is 0.306 e. The third kappa shape index (κ3) is 8.51. The van der Waals surface area contributed by atoms with Crippen LogP contribution in [0.2, 0.25) is 0 Å². The van der Waals surface area contributed by atoms with E-state index in [1.54, 1.807) is 0 Å². The topological polar surface area (TPSA) is 46.5 Å². The molecule has 0 unspecified atom stereocenters. The summed E-state index contributed by atoms with van der Waals surface area (Å²) in [5.74, 6) is -0.195. The molecule has 0 aromatic heterocycles. The van der Waals surface area contributed by atoms with E-state index in [9.17, 15) is 9.90 Å². The van der Waals surface area contributed by atoms with Gasteiger partial charge in [0.2, 0.25) is 0 Å². The van der Waals surface area contributed by atoms with Crippen LogP contribution in [0.15, 0.2) is 36.5 Å². The fourth-order valence-corrected chi connectivity index (χ4v) is 2.24. The third-order valence-corrected chi connectivity index (χ3v) is 3.54. The molecule has 3 heteroatoms. The average molecular weight is 292 g/mol. The Balaban J connectivity index is 2.56. The first-order valence-corrected chi connectivity index (χ1v) is 8.06. The molecule has 0 amide bonds. The zero-order valence-electron chi connectivity index (χ0n) is 13.0. The average Bonchev–Trinajstić information content (AvgIpc) is 2.48. The Hall–Kier alpha value is -1.35. The number of aliphatic hydroxyl groups excluding tert-OH is 1. The van der Waals surface area contributed by atoms with Gasteiger partial charge in [-0.3, -0.25) is 4.79 Å². The molecule has 0 aromatic carbocycles. The summed E-state index contributed by atoms with van der Waals surface area (Å²) >= 11 is 0. The summed E-state index contributed by atoms with van der Waals surface area (Å²) in [7, 11) is 0. The summed E-state index contributed by atoms with van der Waals surface area (Å²) in [5, 5.41) is 10.1. The molecular formula is C18H28O3. The van der Waals surface area contributed by atoms with Crippen LogP contribution in [-0.4, -0.2) is 23.3 Å². The van der Waals surface area contributed by atoms with E-state index in [1.165, 1.54) is 0 Å². The van der Waals surface area contributed by atoms with Gasteiger partial charge in [-0.1, -0.05) is 43.4 Å². The van der Waals surface area contributed by atoms with Gasteiger partial charge < -0.3 is 9.84 Å². The molecule has 118 valence electrons. The Morgan fingerprint density at radius 2 is 1.76 bits per heavy atom. The fraction of sp³-hybridized carbons (Fsp3) is 0.611. The predicted molar refractivity (Wildman–Crippen MR) is 85.9 cm³/mol. The lowest BCUT2D eigenvalue weighted by molar-refractivity contribution is -0.155. The Labute approximate surface area is 128 Å². The highest BCUT2D eigenvalue weighted by Crippen LogP contribution is 2.12. The minimum absolute atomic E-state index is 0.195. The van der Waals surface area contributed by atoms with E-state index < -0.39 is 12.2 Å². The van der Waals surface area contributed by atoms with Crippen molar-refractivity contribution < 1.29 is 14.6 Å². The normalized spacial score (nSPS) is 30.9. The molecule has 2 atom stereocenters. The molecule has 0 fully saturated rings. The van der Waals surface area contributed by atoms with Crippen molar-refractivity contribution in [1.82, 2.24) is 0 Å². The summed E-state index contributed by atoms with van der Waals surface area (Å²) in [6, 6.07) is 0. The van der Waals surface area contributed by atoms with Crippen LogP contribution in [0.3, 0.4) is 0 Å². The van der Waals surface area contributed by atoms with Crippen LogP contribution in [0.5, 0.6) is 0 Å². The molecule has 0 radical (unpaired) electrons. The van der Waals surface area contributed by atoms with Gasteiger partial charge >= 0.3 is 5.97 Å². The largest absolute Gasteiger partial charge is 0.460 e. The number of hydrogen-bond acceptors (Lipinski definition) is 3. The van der Waals surface area contributed by atoms with Gasteiger partial charge in [-0.15, -0.1) is 0 Å². The van der Waals surface area contributed by atoms with Gasteiger partial charge in [0.15, 0.2) is 0 Å². The van der Waals surface area contributed by atoms with Crippen LogP contribution in [0, 0.1) is 0 Å². The van der Waals surface area contributed by atoms with Crippen LogP contribution in [0.4, 0.5) is 0 Å². The Bertz CT molecular complexity index is 369. The fourth-order valence-electron chi connectivity index (χ4n) is 2.24. The maximum absolute atomic E-state index is 11.8. The highest BCUT2D eigenvalue weighted by molar-refractivity contribution is 5.69. The summed E-state index contributed by atoms with van der Waals surface area (Å²) in [6.45, 7) is 1.93. The standard InChI is InChI=1S/C18H28O3/c1-2-17-16(19)14-12-10-8-6-4-3-5-7-9-11-13-15-18(20)21-17/h4-7,10,12,16-17,19H,2-3,8-9,11,13-15H2,1H3/b6-4-,7-5-,12-10-/t16-,17-/m0/s1. The lowest BCUT2D eigenvalue weighted by Crippen LogP contribution is -2.30. The molecule has 0 spiro atoms. The van der Waals surface area contributed by atoms with E-state index in [0.717, 1.165) is 32.1 Å². The summed E-state index contributed by atoms with van der Waals surface area (Å²) in [6.07, 6.45) is 17.9. The zero-order valence-corrected chi connectivity index (χ0v) is 13.0. The first kappa shape index (κ1) is 17.7. The van der Waals surface area contributed by atoms with Crippen molar-refractivity contribution >= 4 is 5.97 Å². The monoisotopic (exact) mass is 292 g/mol. The predicted octanol–water partition coefficient (Wildman–Crippen LogP) is 4.08. The minimum Gasteiger partial charge on any atom is -0.460 e. The maximum atomic E-state index is 11.8. The number of carbonyl (C=O) groups excluding carboxylic acids is 1. The second-order valence-corrected chi connectivity index (χ2v) is 5.37. The molecule has 1 heterocycles. The van der Waals surface area contributed by atoms with Crippen LogP contribution in [0.25, 0.3) is 0 Å². The number of ether oxygens (including phenoxy) is 1. The van der Waals surface area contributed by atoms with E-state index in [2.05, 4.69) is 24.3 Å². The van der Waals surface area contributed by atoms with E-state index in [1.807, 2.05) is 19.1 Å². The summed E-state index contributed by atoms with van der Waals surface area (Å²) in [4.78, 5) is 11.8. The first-order valence-electron chi connectivity index (χ1n) is 8.06. The second kappa shape index (κ2) is 11.3. The highest BCUT2D eigenvalue weighted by Gasteiger charge is 2.20. The van der Waals surface area contributed by atoms with Crippen molar-refractivity contribution in [1.29, 1.82) is 0 Å². The number of esters is 1. The van der Waals surface area contributed by atoms with Gasteiger partial charge in [0.1, 0.15) is 6.10 Å². The lowest BCUT2D eigenvalue weighted by Gasteiger charge is -2.21. The van der Waals surface area contributed by atoms with E-state index in [0.29, 0.717) is 19.3 Å². The Morgan fingerprint density at radius 1 is 1.10 bits per heavy atom. The molecule has 1 aliphatic rings. The Kier molecular flexibility index (Phi) is 9.55. The molecule has 0 bridgehead atoms. The zero-order chi connectivity index (χ0) is 15.3. The number of hydrogen-bond donors (Lipinski definition) is 1. The minimum atomic E-state index is -0.614. The van der Waals surface area contributed by atoms with Crippen LogP contribution < -0.4 is 0 Å². The molecule has 1 N–H and O–H groups in total. The summed E-state index contributed by atoms with van der Waals surface area (Å²) < 4.78 is 5.38. The number of rotatable bonds is 1. The van der Waals surface area contributed by atoms with E-state index >= 15 is 0 Å². The van der Waals surface area contributed by atoms with Crippen molar-refractivity contribution in [2.75, 3.05) is 0 Å². The third-order valence-electron chi connectivity index (χ3n) is 3.54. The first-order chi connectivity index (χ1) is 10.2. The molecule has 0 saturated heterocycles. The van der Waals surface area contributed by atoms with Gasteiger partial charge in [0.05, 0.1) is 6.10 Å². The van der Waals surface area contributed by atoms with Crippen molar-refractivity contribution in [3.8, 4) is 0 Å². The van der Waals surface area contributed by atoms with Crippen molar-refractivity contribution in [3.05, 3.63) is 36.5 Å². The van der Waals surface area contributed by atoms with Gasteiger partial charge in [-0.2, -0.15) is 0 Å². The van der Waals surface area contributed by atoms with Crippen molar-refractivity contribution in [2.24, 2.45) is 0 Å². The van der Waals surface area contributed by atoms with E-state index in [4.69, 9.17) is 4.74 Å². The van der Waals surface area contributed by atoms with Crippen LogP contribution in [0.1, 0.15) is 58.3 Å². The molecule has 1 rings (SSSR count). The molecular weight excluding hydrogens is 264 g/mol. The molecule has 0 aromatic rings. The number of allylic oxidation sites excluding steroid dienone is 5. The van der Waals surface area contributed by atoms with Crippen molar-refractivity contribution in [2.45, 2.75) is 70.5 Å². The molecule has 0 aliphatic carbocycles. The Morgan fingerprint density at radius 3 is 2.48 bits per heavy atom. The van der Waals surface area contributed by atoms with Gasteiger partial charge in [0.25, 0.3) is 0 Å². The number of carbonyl (C=O) groups is 1. The van der Waals surface area contributed by atoms with Crippen LogP contribution >= 0.6 is 0 Å². The number of aliphatic hydroxyl groups is 1. The van der Waals surface area contributed by atoms with Crippen LogP contribution in [-0.2, 0) is 9.53 Å². The van der Waals surface area contributed by atoms with E-state index in [-0.39, 0.29) is 5.97 Å². The van der Waals surface area contributed by atoms with Gasteiger partial charge in [-0.25, -0.2) is 0 Å². The van der Waals surface area contributed by atoms with Gasteiger partial charge in [0, 0.05) is 6.42 Å². The molecule has 21 heavy (non-hydrogen) atoms.